The van der Waals surface area contributed by atoms with Crippen LogP contribution in [0.3, 0.4) is 0 Å². The molecule has 0 bridgehead atoms. The zero-order valence-corrected chi connectivity index (χ0v) is 10.7. The van der Waals surface area contributed by atoms with Crippen molar-refractivity contribution in [2.24, 2.45) is 5.73 Å². The monoisotopic (exact) mass is 242 g/mol. The summed E-state index contributed by atoms with van der Waals surface area (Å²) in [5.41, 5.74) is 7.80. The normalized spacial score (nSPS) is 13.5. The quantitative estimate of drug-likeness (QED) is 0.851. The molecule has 0 aliphatic heterocycles. The number of aryl methyl sites for hydroxylation is 1. The van der Waals surface area contributed by atoms with Gasteiger partial charge < -0.3 is 11.1 Å². The van der Waals surface area contributed by atoms with Crippen LogP contribution in [0.25, 0.3) is 0 Å². The van der Waals surface area contributed by atoms with Gasteiger partial charge in [-0.2, -0.15) is 0 Å². The molecule has 1 aromatic rings. The predicted octanol–water partition coefficient (Wildman–Crippen LogP) is 1.94. The average Bonchev–Trinajstić information content (AvgIpc) is 2.18. The summed E-state index contributed by atoms with van der Waals surface area (Å²) >= 11 is 0. The van der Waals surface area contributed by atoms with E-state index in [1.807, 2.05) is 38.1 Å². The summed E-state index contributed by atoms with van der Waals surface area (Å²) in [5.74, 6) is -0.120. The number of halogens is 1. The third-order valence-electron chi connectivity index (χ3n) is 2.43. The van der Waals surface area contributed by atoms with Gasteiger partial charge in [0.1, 0.15) is 0 Å². The molecule has 3 nitrogen and oxygen atoms in total. The molecule has 0 aliphatic rings. The summed E-state index contributed by atoms with van der Waals surface area (Å²) in [5, 5.41) is 2.87. The Morgan fingerprint density at radius 3 is 2.38 bits per heavy atom. The standard InChI is InChI=1S/C12H18N2O.ClH/c1-8-6-4-5-7-11(8)10(3)14-12(15)9(2)13;/h4-7,9-10H,13H2,1-3H3,(H,14,15);1H/t9-,10?;/m1./s1. The van der Waals surface area contributed by atoms with Crippen molar-refractivity contribution in [2.45, 2.75) is 32.9 Å². The smallest absolute Gasteiger partial charge is 0.237 e. The molecule has 0 aromatic heterocycles. The second kappa shape index (κ2) is 6.51. The van der Waals surface area contributed by atoms with Gasteiger partial charge in [0, 0.05) is 0 Å². The van der Waals surface area contributed by atoms with E-state index in [0.29, 0.717) is 0 Å². The molecule has 0 heterocycles. The fourth-order valence-corrected chi connectivity index (χ4v) is 1.50. The Hall–Kier alpha value is -1.06. The number of carbonyl (C=O) groups excluding carboxylic acids is 1. The summed E-state index contributed by atoms with van der Waals surface area (Å²) in [6.07, 6.45) is 0. The fourth-order valence-electron chi connectivity index (χ4n) is 1.50. The van der Waals surface area contributed by atoms with Crippen molar-refractivity contribution in [1.82, 2.24) is 5.32 Å². The van der Waals surface area contributed by atoms with E-state index in [-0.39, 0.29) is 24.4 Å². The maximum atomic E-state index is 11.4. The third kappa shape index (κ3) is 3.83. The zero-order chi connectivity index (χ0) is 11.4. The number of carbonyl (C=O) groups is 1. The lowest BCUT2D eigenvalue weighted by atomic mass is 10.0. The SMILES string of the molecule is Cc1ccccc1C(C)NC(=O)[C@@H](C)N.Cl. The number of nitrogens with one attached hydrogen (secondary N) is 1. The van der Waals surface area contributed by atoms with Crippen LogP contribution >= 0.6 is 12.4 Å². The lowest BCUT2D eigenvalue weighted by Crippen LogP contribution is -2.39. The van der Waals surface area contributed by atoms with Gasteiger partial charge in [0.25, 0.3) is 0 Å². The van der Waals surface area contributed by atoms with E-state index in [9.17, 15) is 4.79 Å². The molecular weight excluding hydrogens is 224 g/mol. The van der Waals surface area contributed by atoms with Gasteiger partial charge in [-0.05, 0) is 31.9 Å². The predicted molar refractivity (Wildman–Crippen MR) is 68.6 cm³/mol. The molecule has 1 aromatic carbocycles. The van der Waals surface area contributed by atoms with Gasteiger partial charge in [-0.15, -0.1) is 12.4 Å². The lowest BCUT2D eigenvalue weighted by Gasteiger charge is -2.17. The second-order valence-corrected chi connectivity index (χ2v) is 3.88. The number of rotatable bonds is 3. The second-order valence-electron chi connectivity index (χ2n) is 3.88. The number of hydrogen-bond donors (Lipinski definition) is 2. The molecule has 4 heteroatoms. The maximum absolute atomic E-state index is 11.4. The highest BCUT2D eigenvalue weighted by atomic mass is 35.5. The van der Waals surface area contributed by atoms with Crippen molar-refractivity contribution in [1.29, 1.82) is 0 Å². The van der Waals surface area contributed by atoms with Gasteiger partial charge in [-0.1, -0.05) is 24.3 Å². The molecular formula is C12H19ClN2O. The van der Waals surface area contributed by atoms with Gasteiger partial charge in [-0.25, -0.2) is 0 Å². The third-order valence-corrected chi connectivity index (χ3v) is 2.43. The van der Waals surface area contributed by atoms with E-state index in [1.165, 1.54) is 5.56 Å². The van der Waals surface area contributed by atoms with Gasteiger partial charge in [-0.3, -0.25) is 4.79 Å². The number of benzene rings is 1. The molecule has 90 valence electrons. The molecule has 3 N–H and O–H groups in total. The van der Waals surface area contributed by atoms with E-state index in [1.54, 1.807) is 6.92 Å². The highest BCUT2D eigenvalue weighted by Gasteiger charge is 2.13. The summed E-state index contributed by atoms with van der Waals surface area (Å²) < 4.78 is 0. The zero-order valence-electron chi connectivity index (χ0n) is 9.86. The number of nitrogens with two attached hydrogens (primary N) is 1. The minimum absolute atomic E-state index is 0. The van der Waals surface area contributed by atoms with Crippen molar-refractivity contribution < 1.29 is 4.79 Å². The van der Waals surface area contributed by atoms with Crippen LogP contribution in [-0.2, 0) is 4.79 Å². The number of amides is 1. The molecule has 0 fully saturated rings. The first-order valence-electron chi connectivity index (χ1n) is 5.14. The molecule has 1 unspecified atom stereocenters. The van der Waals surface area contributed by atoms with Crippen molar-refractivity contribution >= 4 is 18.3 Å². The molecule has 16 heavy (non-hydrogen) atoms. The molecule has 2 atom stereocenters. The maximum Gasteiger partial charge on any atom is 0.237 e. The Balaban J connectivity index is 0.00000225. The van der Waals surface area contributed by atoms with Gasteiger partial charge in [0.2, 0.25) is 5.91 Å². The fraction of sp³-hybridized carbons (Fsp3) is 0.417. The topological polar surface area (TPSA) is 55.1 Å². The molecule has 1 rings (SSSR count). The molecule has 0 saturated heterocycles. The Morgan fingerprint density at radius 1 is 1.31 bits per heavy atom. The first-order valence-corrected chi connectivity index (χ1v) is 5.14. The van der Waals surface area contributed by atoms with Crippen molar-refractivity contribution in [3.8, 4) is 0 Å². The summed E-state index contributed by atoms with van der Waals surface area (Å²) in [6, 6.07) is 7.54. The van der Waals surface area contributed by atoms with E-state index >= 15 is 0 Å². The van der Waals surface area contributed by atoms with Gasteiger partial charge in [0.15, 0.2) is 0 Å². The Morgan fingerprint density at radius 2 is 1.88 bits per heavy atom. The van der Waals surface area contributed by atoms with Gasteiger partial charge >= 0.3 is 0 Å². The average molecular weight is 243 g/mol. The van der Waals surface area contributed by atoms with Crippen LogP contribution in [0.5, 0.6) is 0 Å². The summed E-state index contributed by atoms with van der Waals surface area (Å²) in [7, 11) is 0. The molecule has 0 aliphatic carbocycles. The highest BCUT2D eigenvalue weighted by molar-refractivity contribution is 5.85. The Labute approximate surface area is 103 Å². The van der Waals surface area contributed by atoms with E-state index in [2.05, 4.69) is 5.32 Å². The summed E-state index contributed by atoms with van der Waals surface area (Å²) in [4.78, 5) is 11.4. The molecule has 0 radical (unpaired) electrons. The van der Waals surface area contributed by atoms with Crippen molar-refractivity contribution in [2.75, 3.05) is 0 Å². The Kier molecular flexibility index (Phi) is 6.08. The van der Waals surface area contributed by atoms with Gasteiger partial charge in [0.05, 0.1) is 12.1 Å². The minimum Gasteiger partial charge on any atom is -0.348 e. The molecule has 0 spiro atoms. The van der Waals surface area contributed by atoms with Crippen LogP contribution in [0.4, 0.5) is 0 Å². The van der Waals surface area contributed by atoms with Crippen LogP contribution < -0.4 is 11.1 Å². The van der Waals surface area contributed by atoms with Crippen LogP contribution in [-0.4, -0.2) is 11.9 Å². The summed E-state index contributed by atoms with van der Waals surface area (Å²) in [6.45, 7) is 5.67. The van der Waals surface area contributed by atoms with Crippen LogP contribution in [0, 0.1) is 6.92 Å². The number of hydrogen-bond acceptors (Lipinski definition) is 2. The van der Waals surface area contributed by atoms with Crippen molar-refractivity contribution in [3.05, 3.63) is 35.4 Å². The first-order chi connectivity index (χ1) is 7.02. The van der Waals surface area contributed by atoms with Crippen LogP contribution in [0.2, 0.25) is 0 Å². The van der Waals surface area contributed by atoms with Crippen LogP contribution in [0.15, 0.2) is 24.3 Å². The van der Waals surface area contributed by atoms with E-state index in [0.717, 1.165) is 5.56 Å². The minimum atomic E-state index is -0.462. The van der Waals surface area contributed by atoms with E-state index < -0.39 is 6.04 Å². The van der Waals surface area contributed by atoms with E-state index in [4.69, 9.17) is 5.73 Å². The first kappa shape index (κ1) is 14.9. The molecule has 0 saturated carbocycles. The van der Waals surface area contributed by atoms with Crippen LogP contribution in [0.1, 0.15) is 31.0 Å². The lowest BCUT2D eigenvalue weighted by molar-refractivity contribution is -0.122. The van der Waals surface area contributed by atoms with Crippen molar-refractivity contribution in [3.63, 3.8) is 0 Å². The molecule has 1 amide bonds. The highest BCUT2D eigenvalue weighted by Crippen LogP contribution is 2.16. The largest absolute Gasteiger partial charge is 0.348 e. The Bertz CT molecular complexity index is 353.